The smallest absolute Gasteiger partial charge is 0.259 e. The van der Waals surface area contributed by atoms with E-state index in [1.165, 1.54) is 28.4 Å². The summed E-state index contributed by atoms with van der Waals surface area (Å²) >= 11 is 0. The van der Waals surface area contributed by atoms with E-state index in [-0.39, 0.29) is 12.5 Å². The van der Waals surface area contributed by atoms with Gasteiger partial charge in [0.15, 0.2) is 6.29 Å². The molecule has 0 aliphatic rings. The van der Waals surface area contributed by atoms with Crippen molar-refractivity contribution in [1.29, 1.82) is 0 Å². The fourth-order valence-electron chi connectivity index (χ4n) is 1.60. The van der Waals surface area contributed by atoms with E-state index in [1.807, 2.05) is 0 Å². The van der Waals surface area contributed by atoms with Crippen molar-refractivity contribution < 1.29 is 23.7 Å². The molecule has 0 saturated carbocycles. The molecule has 0 radical (unpaired) electrons. The van der Waals surface area contributed by atoms with Crippen molar-refractivity contribution in [3.8, 4) is 11.5 Å². The zero-order valence-electron chi connectivity index (χ0n) is 11.6. The molecule has 1 amide bonds. The third-order valence-electron chi connectivity index (χ3n) is 2.61. The number of amides is 1. The third kappa shape index (κ3) is 3.84. The Labute approximate surface area is 112 Å². The van der Waals surface area contributed by atoms with Crippen LogP contribution in [0.15, 0.2) is 18.2 Å². The Balaban J connectivity index is 2.86. The molecule has 0 unspecified atom stereocenters. The van der Waals surface area contributed by atoms with Crippen LogP contribution in [0.25, 0.3) is 0 Å². The Hall–Kier alpha value is -1.79. The average Bonchev–Trinajstić information content (AvgIpc) is 2.46. The predicted octanol–water partition coefficient (Wildman–Crippen LogP) is 1.05. The van der Waals surface area contributed by atoms with E-state index in [9.17, 15) is 4.79 Å². The Morgan fingerprint density at radius 1 is 1.11 bits per heavy atom. The van der Waals surface area contributed by atoms with Crippen molar-refractivity contribution in [2.24, 2.45) is 0 Å². The first-order valence-electron chi connectivity index (χ1n) is 5.72. The number of carbonyl (C=O) groups is 1. The molecule has 6 nitrogen and oxygen atoms in total. The van der Waals surface area contributed by atoms with Gasteiger partial charge in [-0.2, -0.15) is 0 Å². The molecule has 1 rings (SSSR count). The molecular weight excluding hydrogens is 250 g/mol. The van der Waals surface area contributed by atoms with E-state index in [0.717, 1.165) is 0 Å². The average molecular weight is 269 g/mol. The molecule has 19 heavy (non-hydrogen) atoms. The maximum atomic E-state index is 12.2. The quantitative estimate of drug-likeness (QED) is 0.750. The Morgan fingerprint density at radius 2 is 1.63 bits per heavy atom. The van der Waals surface area contributed by atoms with Gasteiger partial charge in [0.1, 0.15) is 17.1 Å². The van der Waals surface area contributed by atoms with E-state index < -0.39 is 6.29 Å². The van der Waals surface area contributed by atoms with Gasteiger partial charge in [-0.05, 0) is 12.1 Å². The second-order valence-corrected chi connectivity index (χ2v) is 3.65. The molecular formula is C13H19NO5. The van der Waals surface area contributed by atoms with Gasteiger partial charge in [0.2, 0.25) is 0 Å². The summed E-state index contributed by atoms with van der Waals surface area (Å²) in [7, 11) is 6.01. The molecule has 0 aliphatic carbocycles. The van der Waals surface area contributed by atoms with Gasteiger partial charge in [-0.3, -0.25) is 4.79 Å². The SMILES string of the molecule is COc1cccc(OC)c1C(=O)NCC(OC)OC. The predicted molar refractivity (Wildman–Crippen MR) is 69.7 cm³/mol. The molecule has 1 aromatic carbocycles. The first kappa shape index (κ1) is 15.3. The molecule has 0 saturated heterocycles. The highest BCUT2D eigenvalue weighted by molar-refractivity contribution is 5.99. The molecule has 0 fully saturated rings. The van der Waals surface area contributed by atoms with Gasteiger partial charge in [0.25, 0.3) is 5.91 Å². The third-order valence-corrected chi connectivity index (χ3v) is 2.61. The van der Waals surface area contributed by atoms with E-state index in [4.69, 9.17) is 18.9 Å². The number of nitrogens with one attached hydrogen (secondary N) is 1. The minimum absolute atomic E-state index is 0.229. The summed E-state index contributed by atoms with van der Waals surface area (Å²) in [4.78, 5) is 12.2. The van der Waals surface area contributed by atoms with Crippen molar-refractivity contribution in [3.63, 3.8) is 0 Å². The lowest BCUT2D eigenvalue weighted by Crippen LogP contribution is -2.34. The minimum atomic E-state index is -0.496. The number of rotatable bonds is 7. The van der Waals surface area contributed by atoms with E-state index in [0.29, 0.717) is 17.1 Å². The van der Waals surface area contributed by atoms with Crippen LogP contribution in [0.5, 0.6) is 11.5 Å². The molecule has 0 spiro atoms. The van der Waals surface area contributed by atoms with Gasteiger partial charge in [-0.15, -0.1) is 0 Å². The summed E-state index contributed by atoms with van der Waals surface area (Å²) in [6.45, 7) is 0.229. The van der Waals surface area contributed by atoms with Crippen molar-refractivity contribution >= 4 is 5.91 Å². The number of ether oxygens (including phenoxy) is 4. The fraction of sp³-hybridized carbons (Fsp3) is 0.462. The highest BCUT2D eigenvalue weighted by Gasteiger charge is 2.18. The summed E-state index contributed by atoms with van der Waals surface area (Å²) in [5.41, 5.74) is 0.346. The summed E-state index contributed by atoms with van der Waals surface area (Å²) < 4.78 is 20.3. The zero-order valence-corrected chi connectivity index (χ0v) is 11.6. The van der Waals surface area contributed by atoms with Gasteiger partial charge >= 0.3 is 0 Å². The highest BCUT2D eigenvalue weighted by atomic mass is 16.7. The topological polar surface area (TPSA) is 66.0 Å². The van der Waals surface area contributed by atoms with E-state index >= 15 is 0 Å². The molecule has 0 heterocycles. The van der Waals surface area contributed by atoms with Crippen LogP contribution in [-0.2, 0) is 9.47 Å². The first-order valence-corrected chi connectivity index (χ1v) is 5.72. The van der Waals surface area contributed by atoms with Crippen LogP contribution in [0.1, 0.15) is 10.4 Å². The Kier molecular flexibility index (Phi) is 6.11. The molecule has 0 aliphatic heterocycles. The van der Waals surface area contributed by atoms with E-state index in [2.05, 4.69) is 5.32 Å². The molecule has 6 heteroatoms. The second-order valence-electron chi connectivity index (χ2n) is 3.65. The second kappa shape index (κ2) is 7.60. The highest BCUT2D eigenvalue weighted by Crippen LogP contribution is 2.27. The lowest BCUT2D eigenvalue weighted by atomic mass is 10.1. The Morgan fingerprint density at radius 3 is 2.05 bits per heavy atom. The molecule has 1 N–H and O–H groups in total. The number of methoxy groups -OCH3 is 4. The zero-order chi connectivity index (χ0) is 14.3. The minimum Gasteiger partial charge on any atom is -0.496 e. The molecule has 0 aromatic heterocycles. The summed E-state index contributed by atoms with van der Waals surface area (Å²) in [5, 5.41) is 2.70. The Bertz CT molecular complexity index is 395. The number of hydrogen-bond acceptors (Lipinski definition) is 5. The van der Waals surface area contributed by atoms with Crippen molar-refractivity contribution in [3.05, 3.63) is 23.8 Å². The standard InChI is InChI=1S/C13H19NO5/c1-16-9-6-5-7-10(17-2)12(9)13(15)14-8-11(18-3)19-4/h5-7,11H,8H2,1-4H3,(H,14,15). The van der Waals surface area contributed by atoms with Crippen LogP contribution in [0.2, 0.25) is 0 Å². The largest absolute Gasteiger partial charge is 0.496 e. The van der Waals surface area contributed by atoms with Crippen molar-refractivity contribution in [2.75, 3.05) is 35.0 Å². The van der Waals surface area contributed by atoms with Crippen molar-refractivity contribution in [2.45, 2.75) is 6.29 Å². The van der Waals surface area contributed by atoms with Crippen LogP contribution < -0.4 is 14.8 Å². The lowest BCUT2D eigenvalue weighted by Gasteiger charge is -2.16. The van der Waals surface area contributed by atoms with Gasteiger partial charge in [0, 0.05) is 14.2 Å². The van der Waals surface area contributed by atoms with Gasteiger partial charge in [-0.25, -0.2) is 0 Å². The van der Waals surface area contributed by atoms with Crippen LogP contribution >= 0.6 is 0 Å². The number of benzene rings is 1. The molecule has 1 aromatic rings. The lowest BCUT2D eigenvalue weighted by molar-refractivity contribution is -0.0974. The van der Waals surface area contributed by atoms with Gasteiger partial charge in [0.05, 0.1) is 20.8 Å². The molecule has 0 bridgehead atoms. The fourth-order valence-corrected chi connectivity index (χ4v) is 1.60. The van der Waals surface area contributed by atoms with Gasteiger partial charge in [-0.1, -0.05) is 6.07 Å². The number of hydrogen-bond donors (Lipinski definition) is 1. The van der Waals surface area contributed by atoms with Crippen LogP contribution in [0, 0.1) is 0 Å². The summed E-state index contributed by atoms with van der Waals surface area (Å²) in [6.07, 6.45) is -0.496. The van der Waals surface area contributed by atoms with Crippen LogP contribution in [-0.4, -0.2) is 47.2 Å². The monoisotopic (exact) mass is 269 g/mol. The summed E-state index contributed by atoms with van der Waals surface area (Å²) in [5.74, 6) is 0.583. The maximum Gasteiger partial charge on any atom is 0.259 e. The maximum absolute atomic E-state index is 12.2. The summed E-state index contributed by atoms with van der Waals surface area (Å²) in [6, 6.07) is 5.14. The normalized spacial score (nSPS) is 10.4. The van der Waals surface area contributed by atoms with Gasteiger partial charge < -0.3 is 24.3 Å². The van der Waals surface area contributed by atoms with Crippen molar-refractivity contribution in [1.82, 2.24) is 5.32 Å². The first-order chi connectivity index (χ1) is 9.17. The molecule has 0 atom stereocenters. The van der Waals surface area contributed by atoms with E-state index in [1.54, 1.807) is 18.2 Å². The molecule has 106 valence electrons. The van der Waals surface area contributed by atoms with Crippen LogP contribution in [0.3, 0.4) is 0 Å². The van der Waals surface area contributed by atoms with Crippen LogP contribution in [0.4, 0.5) is 0 Å². The number of carbonyl (C=O) groups excluding carboxylic acids is 1.